The second-order valence-corrected chi connectivity index (χ2v) is 9.48. The number of carbonyl (C=O) groups is 1. The van der Waals surface area contributed by atoms with Crippen LogP contribution in [0.15, 0.2) is 83.8 Å². The zero-order chi connectivity index (χ0) is 21.8. The third-order valence-electron chi connectivity index (χ3n) is 4.55. The molecule has 1 amide bonds. The number of aromatic nitrogens is 1. The quantitative estimate of drug-likeness (QED) is 0.442. The molecule has 1 aromatic heterocycles. The normalized spacial score (nSPS) is 12.5. The fourth-order valence-electron chi connectivity index (χ4n) is 3.07. The monoisotopic (exact) mass is 455 g/mol. The van der Waals surface area contributed by atoms with Gasteiger partial charge in [-0.25, -0.2) is 17.8 Å². The maximum absolute atomic E-state index is 14.1. The highest BCUT2D eigenvalue weighted by molar-refractivity contribution is 7.89. The first kappa shape index (κ1) is 21.1. The van der Waals surface area contributed by atoms with Crippen molar-refractivity contribution in [3.63, 3.8) is 0 Å². The Bertz CT molecular complexity index is 1290. The number of nitrogens with zero attached hydrogens (tertiary/aromatic N) is 1. The number of hydrogen-bond donors (Lipinski definition) is 2. The van der Waals surface area contributed by atoms with Crippen LogP contribution in [0.3, 0.4) is 0 Å². The van der Waals surface area contributed by atoms with Gasteiger partial charge in [0.1, 0.15) is 16.8 Å². The van der Waals surface area contributed by atoms with Gasteiger partial charge in [0.15, 0.2) is 5.13 Å². The van der Waals surface area contributed by atoms with E-state index in [9.17, 15) is 17.6 Å². The molecule has 3 aromatic carbocycles. The Balaban J connectivity index is 1.61. The van der Waals surface area contributed by atoms with Gasteiger partial charge in [0.05, 0.1) is 10.2 Å². The highest BCUT2D eigenvalue weighted by Gasteiger charge is 2.28. The van der Waals surface area contributed by atoms with E-state index < -0.39 is 32.7 Å². The number of anilines is 1. The molecule has 0 fully saturated rings. The number of benzene rings is 3. The van der Waals surface area contributed by atoms with Crippen molar-refractivity contribution >= 4 is 42.6 Å². The lowest BCUT2D eigenvalue weighted by atomic mass is 10.1. The number of hydrogen-bond acceptors (Lipinski definition) is 5. The van der Waals surface area contributed by atoms with Crippen LogP contribution in [0.5, 0.6) is 0 Å². The van der Waals surface area contributed by atoms with Crippen LogP contribution in [0.25, 0.3) is 10.2 Å². The van der Waals surface area contributed by atoms with Gasteiger partial charge >= 0.3 is 0 Å². The molecular formula is C22H18FN3O3S2. The predicted octanol–water partition coefficient (Wildman–Crippen LogP) is 3.96. The molecule has 6 nitrogen and oxygen atoms in total. The van der Waals surface area contributed by atoms with Crippen LogP contribution in [-0.2, 0) is 21.2 Å². The Morgan fingerprint density at radius 2 is 1.65 bits per heavy atom. The van der Waals surface area contributed by atoms with E-state index in [1.807, 2.05) is 30.3 Å². The van der Waals surface area contributed by atoms with E-state index in [4.69, 9.17) is 0 Å². The molecule has 0 aliphatic rings. The van der Waals surface area contributed by atoms with Crippen molar-refractivity contribution in [3.05, 3.63) is 90.2 Å². The van der Waals surface area contributed by atoms with Crippen molar-refractivity contribution in [1.82, 2.24) is 9.71 Å². The number of fused-ring (bicyclic) bond motifs is 1. The van der Waals surface area contributed by atoms with E-state index in [2.05, 4.69) is 15.0 Å². The van der Waals surface area contributed by atoms with Crippen molar-refractivity contribution in [2.45, 2.75) is 17.4 Å². The molecule has 1 heterocycles. The molecule has 4 rings (SSSR count). The molecule has 0 aliphatic carbocycles. The summed E-state index contributed by atoms with van der Waals surface area (Å²) in [4.78, 5) is 16.9. The summed E-state index contributed by atoms with van der Waals surface area (Å²) in [5.41, 5.74) is 1.48. The van der Waals surface area contributed by atoms with Gasteiger partial charge in [-0.15, -0.1) is 0 Å². The minimum Gasteiger partial charge on any atom is -0.301 e. The summed E-state index contributed by atoms with van der Waals surface area (Å²) < 4.78 is 43.0. The number of thiazole rings is 1. The summed E-state index contributed by atoms with van der Waals surface area (Å²) in [6.45, 7) is 0. The standard InChI is InChI=1S/C22H18FN3O3S2/c23-16-10-4-7-13-20(16)31(28,29)26-18(14-15-8-2-1-3-9-15)21(27)25-22-24-17-11-5-6-12-19(17)30-22/h1-13,18,26H,14H2,(H,24,25,27)/t18-/m0/s1. The molecule has 0 bridgehead atoms. The van der Waals surface area contributed by atoms with Crippen LogP contribution >= 0.6 is 11.3 Å². The number of nitrogens with one attached hydrogen (secondary N) is 2. The van der Waals surface area contributed by atoms with Gasteiger partial charge in [-0.3, -0.25) is 4.79 Å². The summed E-state index contributed by atoms with van der Waals surface area (Å²) in [6.07, 6.45) is 0.0885. The first-order valence-electron chi connectivity index (χ1n) is 9.39. The van der Waals surface area contributed by atoms with Gasteiger partial charge in [0, 0.05) is 0 Å². The summed E-state index contributed by atoms with van der Waals surface area (Å²) in [7, 11) is -4.28. The molecule has 0 spiro atoms. The second kappa shape index (κ2) is 8.93. The third kappa shape index (κ3) is 4.96. The van der Waals surface area contributed by atoms with Crippen molar-refractivity contribution < 1.29 is 17.6 Å². The lowest BCUT2D eigenvalue weighted by Gasteiger charge is -2.18. The summed E-state index contributed by atoms with van der Waals surface area (Å²) >= 11 is 1.29. The van der Waals surface area contributed by atoms with Gasteiger partial charge < -0.3 is 5.32 Å². The Morgan fingerprint density at radius 3 is 2.39 bits per heavy atom. The van der Waals surface area contributed by atoms with Crippen LogP contribution in [0.4, 0.5) is 9.52 Å². The lowest BCUT2D eigenvalue weighted by molar-refractivity contribution is -0.117. The Kier molecular flexibility index (Phi) is 6.08. The van der Waals surface area contributed by atoms with E-state index in [-0.39, 0.29) is 6.42 Å². The maximum atomic E-state index is 14.1. The fourth-order valence-corrected chi connectivity index (χ4v) is 5.21. The minimum absolute atomic E-state index is 0.0885. The SMILES string of the molecule is O=C(Nc1nc2ccccc2s1)[C@H](Cc1ccccc1)NS(=O)(=O)c1ccccc1F. The van der Waals surface area contributed by atoms with Crippen LogP contribution in [-0.4, -0.2) is 25.4 Å². The number of halogens is 1. The Hall–Kier alpha value is -3.14. The van der Waals surface area contributed by atoms with Crippen molar-refractivity contribution in [1.29, 1.82) is 0 Å². The molecule has 31 heavy (non-hydrogen) atoms. The van der Waals surface area contributed by atoms with E-state index in [0.717, 1.165) is 27.9 Å². The number of carbonyl (C=O) groups excluding carboxylic acids is 1. The molecule has 2 N–H and O–H groups in total. The number of rotatable bonds is 7. The van der Waals surface area contributed by atoms with E-state index in [1.54, 1.807) is 24.3 Å². The van der Waals surface area contributed by atoms with Crippen LogP contribution < -0.4 is 10.0 Å². The second-order valence-electron chi connectivity index (χ2n) is 6.77. The molecule has 4 aromatic rings. The predicted molar refractivity (Wildman–Crippen MR) is 119 cm³/mol. The molecule has 9 heteroatoms. The summed E-state index contributed by atoms with van der Waals surface area (Å²) in [6, 6.07) is 20.3. The molecule has 0 saturated heterocycles. The molecule has 0 unspecified atom stereocenters. The van der Waals surface area contributed by atoms with E-state index in [0.29, 0.717) is 5.13 Å². The molecule has 1 atom stereocenters. The molecule has 0 aliphatic heterocycles. The van der Waals surface area contributed by atoms with Crippen LogP contribution in [0.2, 0.25) is 0 Å². The lowest BCUT2D eigenvalue weighted by Crippen LogP contribution is -2.45. The minimum atomic E-state index is -4.28. The van der Waals surface area contributed by atoms with E-state index in [1.165, 1.54) is 23.5 Å². The van der Waals surface area contributed by atoms with Gasteiger partial charge in [0.2, 0.25) is 15.9 Å². The Morgan fingerprint density at radius 1 is 0.968 bits per heavy atom. The van der Waals surface area contributed by atoms with Gasteiger partial charge in [0.25, 0.3) is 0 Å². The van der Waals surface area contributed by atoms with Crippen molar-refractivity contribution in [3.8, 4) is 0 Å². The van der Waals surface area contributed by atoms with Gasteiger partial charge in [-0.1, -0.05) is 65.9 Å². The number of para-hydroxylation sites is 1. The first-order chi connectivity index (χ1) is 14.9. The largest absolute Gasteiger partial charge is 0.301 e. The molecular weight excluding hydrogens is 437 g/mol. The molecule has 0 saturated carbocycles. The van der Waals surface area contributed by atoms with Crippen LogP contribution in [0.1, 0.15) is 5.56 Å². The van der Waals surface area contributed by atoms with E-state index >= 15 is 0 Å². The highest BCUT2D eigenvalue weighted by Crippen LogP contribution is 2.25. The maximum Gasteiger partial charge on any atom is 0.244 e. The topological polar surface area (TPSA) is 88.2 Å². The van der Waals surface area contributed by atoms with Crippen LogP contribution in [0, 0.1) is 5.82 Å². The highest BCUT2D eigenvalue weighted by atomic mass is 32.2. The zero-order valence-electron chi connectivity index (χ0n) is 16.2. The first-order valence-corrected chi connectivity index (χ1v) is 11.7. The van der Waals surface area contributed by atoms with Crippen molar-refractivity contribution in [2.24, 2.45) is 0 Å². The molecule has 158 valence electrons. The molecule has 0 radical (unpaired) electrons. The number of sulfonamides is 1. The number of amides is 1. The average Bonchev–Trinajstić information content (AvgIpc) is 3.16. The fraction of sp³-hybridized carbons (Fsp3) is 0.0909. The summed E-state index contributed by atoms with van der Waals surface area (Å²) in [5.74, 6) is -1.47. The summed E-state index contributed by atoms with van der Waals surface area (Å²) in [5, 5.41) is 3.04. The van der Waals surface area contributed by atoms with Crippen molar-refractivity contribution in [2.75, 3.05) is 5.32 Å². The zero-order valence-corrected chi connectivity index (χ0v) is 17.8. The average molecular weight is 456 g/mol. The van der Waals surface area contributed by atoms with Gasteiger partial charge in [-0.05, 0) is 36.2 Å². The van der Waals surface area contributed by atoms with Gasteiger partial charge in [-0.2, -0.15) is 4.72 Å². The smallest absolute Gasteiger partial charge is 0.244 e. The third-order valence-corrected chi connectivity index (χ3v) is 7.00. The Labute approximate surface area is 182 Å².